The smallest absolute Gasteiger partial charge is 0.396 e. The van der Waals surface area contributed by atoms with Gasteiger partial charge in [0.15, 0.2) is 0 Å². The second kappa shape index (κ2) is 4.66. The van der Waals surface area contributed by atoms with E-state index in [1.165, 1.54) is 12.1 Å². The van der Waals surface area contributed by atoms with Gasteiger partial charge in [-0.05, 0) is 30.7 Å². The van der Waals surface area contributed by atoms with Crippen LogP contribution >= 0.6 is 0 Å². The standard InChI is InChI=1S/C12H14F3NO/c13-12(14,15)10-3-1-8(2-4-10)11-9(7-17)5-6-16-11/h1-4,9,11,16-17H,5-7H2. The van der Waals surface area contributed by atoms with Crippen LogP contribution in [-0.4, -0.2) is 18.3 Å². The van der Waals surface area contributed by atoms with Crippen molar-refractivity contribution in [2.24, 2.45) is 5.92 Å². The maximum absolute atomic E-state index is 12.4. The van der Waals surface area contributed by atoms with Crippen LogP contribution in [0.25, 0.3) is 0 Å². The number of rotatable bonds is 2. The van der Waals surface area contributed by atoms with Crippen LogP contribution in [-0.2, 0) is 6.18 Å². The Bertz CT molecular complexity index is 374. The first-order chi connectivity index (χ1) is 8.02. The fourth-order valence-corrected chi connectivity index (χ4v) is 2.22. The largest absolute Gasteiger partial charge is 0.416 e. The van der Waals surface area contributed by atoms with Crippen LogP contribution in [0.4, 0.5) is 13.2 Å². The highest BCUT2D eigenvalue weighted by atomic mass is 19.4. The van der Waals surface area contributed by atoms with Crippen molar-refractivity contribution in [2.75, 3.05) is 13.2 Å². The Hall–Kier alpha value is -1.07. The fraction of sp³-hybridized carbons (Fsp3) is 0.500. The summed E-state index contributed by atoms with van der Waals surface area (Å²) in [6.45, 7) is 0.843. The molecule has 1 heterocycles. The van der Waals surface area contributed by atoms with Gasteiger partial charge in [-0.1, -0.05) is 12.1 Å². The lowest BCUT2D eigenvalue weighted by atomic mass is 9.94. The molecule has 2 unspecified atom stereocenters. The summed E-state index contributed by atoms with van der Waals surface area (Å²) >= 11 is 0. The number of halogens is 3. The van der Waals surface area contributed by atoms with Crippen LogP contribution in [0.3, 0.4) is 0 Å². The van der Waals surface area contributed by atoms with E-state index < -0.39 is 11.7 Å². The van der Waals surface area contributed by atoms with Crippen molar-refractivity contribution in [2.45, 2.75) is 18.6 Å². The Morgan fingerprint density at radius 3 is 2.41 bits per heavy atom. The van der Waals surface area contributed by atoms with Gasteiger partial charge in [-0.3, -0.25) is 0 Å². The van der Waals surface area contributed by atoms with Gasteiger partial charge in [0.05, 0.1) is 5.56 Å². The molecule has 1 aromatic carbocycles. The maximum Gasteiger partial charge on any atom is 0.416 e. The summed E-state index contributed by atoms with van der Waals surface area (Å²) in [6.07, 6.45) is -3.44. The second-order valence-corrected chi connectivity index (χ2v) is 4.28. The molecule has 0 amide bonds. The molecule has 2 nitrogen and oxygen atoms in total. The van der Waals surface area contributed by atoms with Crippen molar-refractivity contribution >= 4 is 0 Å². The molecule has 17 heavy (non-hydrogen) atoms. The van der Waals surface area contributed by atoms with Crippen molar-refractivity contribution in [1.29, 1.82) is 0 Å². The minimum absolute atomic E-state index is 0.0396. The highest BCUT2D eigenvalue weighted by Crippen LogP contribution is 2.33. The molecule has 5 heteroatoms. The molecule has 2 rings (SSSR count). The molecule has 1 aromatic rings. The molecule has 0 saturated carbocycles. The first kappa shape index (κ1) is 12.4. The molecule has 0 aliphatic carbocycles. The summed E-state index contributed by atoms with van der Waals surface area (Å²) in [5.74, 6) is 0.0896. The summed E-state index contributed by atoms with van der Waals surface area (Å²) in [4.78, 5) is 0. The first-order valence-corrected chi connectivity index (χ1v) is 5.54. The molecule has 94 valence electrons. The van der Waals surface area contributed by atoms with E-state index in [4.69, 9.17) is 5.11 Å². The predicted octanol–water partition coefficient (Wildman–Crippen LogP) is 2.35. The van der Waals surface area contributed by atoms with Crippen LogP contribution in [0.15, 0.2) is 24.3 Å². The number of benzene rings is 1. The zero-order chi connectivity index (χ0) is 12.5. The molecule has 1 aliphatic rings. The molecular formula is C12H14F3NO. The minimum Gasteiger partial charge on any atom is -0.396 e. The van der Waals surface area contributed by atoms with E-state index in [1.807, 2.05) is 0 Å². The number of aliphatic hydroxyl groups excluding tert-OH is 1. The third-order valence-electron chi connectivity index (χ3n) is 3.18. The highest BCUT2D eigenvalue weighted by molar-refractivity contribution is 5.27. The Morgan fingerprint density at radius 2 is 1.88 bits per heavy atom. The third-order valence-corrected chi connectivity index (χ3v) is 3.18. The summed E-state index contributed by atoms with van der Waals surface area (Å²) in [5.41, 5.74) is 0.161. The molecule has 0 radical (unpaired) electrons. The summed E-state index contributed by atoms with van der Waals surface area (Å²) in [6, 6.07) is 5.10. The molecule has 0 spiro atoms. The van der Waals surface area contributed by atoms with Crippen LogP contribution in [0.5, 0.6) is 0 Å². The first-order valence-electron chi connectivity index (χ1n) is 5.54. The van der Waals surface area contributed by atoms with Crippen LogP contribution < -0.4 is 5.32 Å². The van der Waals surface area contributed by atoms with Gasteiger partial charge in [0.25, 0.3) is 0 Å². The number of alkyl halides is 3. The predicted molar refractivity (Wildman–Crippen MR) is 57.4 cm³/mol. The number of hydrogen-bond acceptors (Lipinski definition) is 2. The van der Waals surface area contributed by atoms with Gasteiger partial charge in [-0.25, -0.2) is 0 Å². The second-order valence-electron chi connectivity index (χ2n) is 4.28. The van der Waals surface area contributed by atoms with E-state index in [0.717, 1.165) is 30.7 Å². The number of aliphatic hydroxyl groups is 1. The lowest BCUT2D eigenvalue weighted by Gasteiger charge is -2.18. The zero-order valence-corrected chi connectivity index (χ0v) is 9.17. The van der Waals surface area contributed by atoms with E-state index >= 15 is 0 Å². The Labute approximate surface area is 97.5 Å². The molecule has 1 fully saturated rings. The van der Waals surface area contributed by atoms with Crippen molar-refractivity contribution in [3.63, 3.8) is 0 Å². The van der Waals surface area contributed by atoms with Gasteiger partial charge in [0.2, 0.25) is 0 Å². The minimum atomic E-state index is -4.29. The average molecular weight is 245 g/mol. The molecule has 1 aliphatic heterocycles. The van der Waals surface area contributed by atoms with E-state index in [9.17, 15) is 13.2 Å². The van der Waals surface area contributed by atoms with Gasteiger partial charge in [0, 0.05) is 18.6 Å². The topological polar surface area (TPSA) is 32.3 Å². The SMILES string of the molecule is OCC1CCNC1c1ccc(C(F)(F)F)cc1. The van der Waals surface area contributed by atoms with Crippen molar-refractivity contribution in [3.05, 3.63) is 35.4 Å². The van der Waals surface area contributed by atoms with E-state index in [-0.39, 0.29) is 18.6 Å². The summed E-state index contributed by atoms with van der Waals surface area (Å²) in [5, 5.41) is 12.4. The van der Waals surface area contributed by atoms with E-state index in [0.29, 0.717) is 0 Å². The average Bonchev–Trinajstić information content (AvgIpc) is 2.76. The van der Waals surface area contributed by atoms with Crippen LogP contribution in [0, 0.1) is 5.92 Å². The van der Waals surface area contributed by atoms with Gasteiger partial charge in [-0.2, -0.15) is 13.2 Å². The Kier molecular flexibility index (Phi) is 3.40. The quantitative estimate of drug-likeness (QED) is 0.838. The lowest BCUT2D eigenvalue weighted by Crippen LogP contribution is -2.20. The fourth-order valence-electron chi connectivity index (χ4n) is 2.22. The molecular weight excluding hydrogens is 231 g/mol. The van der Waals surface area contributed by atoms with Crippen molar-refractivity contribution < 1.29 is 18.3 Å². The van der Waals surface area contributed by atoms with Gasteiger partial charge >= 0.3 is 6.18 Å². The van der Waals surface area contributed by atoms with Gasteiger partial charge < -0.3 is 10.4 Å². The van der Waals surface area contributed by atoms with Gasteiger partial charge in [0.1, 0.15) is 0 Å². The van der Waals surface area contributed by atoms with Crippen LogP contribution in [0.1, 0.15) is 23.6 Å². The van der Waals surface area contributed by atoms with E-state index in [2.05, 4.69) is 5.32 Å². The Balaban J connectivity index is 2.18. The molecule has 0 bridgehead atoms. The molecule has 2 N–H and O–H groups in total. The third kappa shape index (κ3) is 2.61. The van der Waals surface area contributed by atoms with E-state index in [1.54, 1.807) is 0 Å². The maximum atomic E-state index is 12.4. The van der Waals surface area contributed by atoms with Crippen molar-refractivity contribution in [1.82, 2.24) is 5.32 Å². The van der Waals surface area contributed by atoms with Gasteiger partial charge in [-0.15, -0.1) is 0 Å². The monoisotopic (exact) mass is 245 g/mol. The zero-order valence-electron chi connectivity index (χ0n) is 9.17. The number of nitrogens with one attached hydrogen (secondary N) is 1. The normalized spacial score (nSPS) is 25.2. The molecule has 2 atom stereocenters. The summed E-state index contributed by atoms with van der Waals surface area (Å²) < 4.78 is 37.2. The molecule has 0 aromatic heterocycles. The van der Waals surface area contributed by atoms with Crippen molar-refractivity contribution in [3.8, 4) is 0 Å². The Morgan fingerprint density at radius 1 is 1.24 bits per heavy atom. The lowest BCUT2D eigenvalue weighted by molar-refractivity contribution is -0.137. The number of hydrogen-bond donors (Lipinski definition) is 2. The molecule has 1 saturated heterocycles. The van der Waals surface area contributed by atoms with Crippen LogP contribution in [0.2, 0.25) is 0 Å². The summed E-state index contributed by atoms with van der Waals surface area (Å²) in [7, 11) is 0. The highest BCUT2D eigenvalue weighted by Gasteiger charge is 2.31.